The number of nitrogens with two attached hydrogens (primary N) is 1. The van der Waals surface area contributed by atoms with Crippen molar-refractivity contribution in [2.24, 2.45) is 17.6 Å². The Balaban J connectivity index is 0. The first-order valence-corrected chi connectivity index (χ1v) is 11.2. The van der Waals surface area contributed by atoms with Crippen molar-refractivity contribution >= 4 is 18.2 Å². The van der Waals surface area contributed by atoms with E-state index in [1.165, 1.54) is 0 Å². The molecule has 0 amide bonds. The van der Waals surface area contributed by atoms with Crippen LogP contribution < -0.4 is 11.1 Å². The van der Waals surface area contributed by atoms with Crippen LogP contribution in [0.2, 0.25) is 0 Å². The zero-order valence-electron chi connectivity index (χ0n) is 20.0. The lowest BCUT2D eigenvalue weighted by atomic mass is 9.99. The second kappa shape index (κ2) is 19.4. The van der Waals surface area contributed by atoms with E-state index in [0.717, 1.165) is 30.3 Å². The SMILES string of the molecule is C.CC[C@H](C)[C@H](N)C(=O)O.CC[C@H](C)[C@H](NCc1ccccc1)C(=O)O.O=Cc1ccccc1. The van der Waals surface area contributed by atoms with Crippen LogP contribution in [0.4, 0.5) is 0 Å². The van der Waals surface area contributed by atoms with Crippen LogP contribution in [-0.2, 0) is 16.1 Å². The van der Waals surface area contributed by atoms with Gasteiger partial charge < -0.3 is 21.3 Å². The molecule has 0 radical (unpaired) electrons. The van der Waals surface area contributed by atoms with Crippen molar-refractivity contribution in [2.75, 3.05) is 0 Å². The van der Waals surface area contributed by atoms with Crippen molar-refractivity contribution in [1.29, 1.82) is 0 Å². The summed E-state index contributed by atoms with van der Waals surface area (Å²) < 4.78 is 0. The van der Waals surface area contributed by atoms with Crippen LogP contribution in [0.25, 0.3) is 0 Å². The average molecular weight is 475 g/mol. The van der Waals surface area contributed by atoms with E-state index in [1.807, 2.05) is 76.2 Å². The van der Waals surface area contributed by atoms with E-state index >= 15 is 0 Å². The quantitative estimate of drug-likeness (QED) is 0.362. The fourth-order valence-corrected chi connectivity index (χ4v) is 2.62. The predicted molar refractivity (Wildman–Crippen MR) is 138 cm³/mol. The first kappa shape index (κ1) is 33.1. The van der Waals surface area contributed by atoms with Crippen LogP contribution in [0, 0.1) is 11.8 Å². The van der Waals surface area contributed by atoms with Crippen LogP contribution in [0.5, 0.6) is 0 Å². The molecule has 0 saturated carbocycles. The van der Waals surface area contributed by atoms with E-state index in [2.05, 4.69) is 5.32 Å². The highest BCUT2D eigenvalue weighted by Crippen LogP contribution is 2.09. The Hall–Kier alpha value is -3.03. The minimum atomic E-state index is -0.913. The number of carbonyl (C=O) groups excluding carboxylic acids is 1. The van der Waals surface area contributed by atoms with Crippen molar-refractivity contribution in [3.05, 3.63) is 71.8 Å². The number of hydrogen-bond donors (Lipinski definition) is 4. The number of carboxylic acid groups (broad SMARTS) is 2. The second-order valence-corrected chi connectivity index (χ2v) is 7.85. The third-order valence-corrected chi connectivity index (χ3v) is 5.33. The molecule has 2 aromatic carbocycles. The number of aliphatic carboxylic acids is 2. The molecular formula is C27H42N2O5. The Labute approximate surface area is 204 Å². The molecule has 7 heteroatoms. The van der Waals surface area contributed by atoms with Crippen molar-refractivity contribution in [2.45, 2.75) is 66.6 Å². The second-order valence-electron chi connectivity index (χ2n) is 7.85. The van der Waals surface area contributed by atoms with E-state index in [1.54, 1.807) is 12.1 Å². The minimum Gasteiger partial charge on any atom is -0.480 e. The molecule has 4 atom stereocenters. The van der Waals surface area contributed by atoms with Crippen molar-refractivity contribution in [3.63, 3.8) is 0 Å². The zero-order valence-corrected chi connectivity index (χ0v) is 20.0. The molecule has 0 unspecified atom stereocenters. The van der Waals surface area contributed by atoms with Crippen LogP contribution in [0.3, 0.4) is 0 Å². The number of nitrogens with one attached hydrogen (secondary N) is 1. The number of benzene rings is 2. The van der Waals surface area contributed by atoms with Crippen LogP contribution >= 0.6 is 0 Å². The van der Waals surface area contributed by atoms with Crippen molar-refractivity contribution in [3.8, 4) is 0 Å². The van der Waals surface area contributed by atoms with Crippen LogP contribution in [-0.4, -0.2) is 40.5 Å². The maximum absolute atomic E-state index is 11.1. The minimum absolute atomic E-state index is 0. The van der Waals surface area contributed by atoms with Gasteiger partial charge in [0.1, 0.15) is 18.4 Å². The summed E-state index contributed by atoms with van der Waals surface area (Å²) in [6.07, 6.45) is 2.51. The average Bonchev–Trinajstić information content (AvgIpc) is 2.84. The smallest absolute Gasteiger partial charge is 0.320 e. The lowest BCUT2D eigenvalue weighted by Gasteiger charge is -2.20. The van der Waals surface area contributed by atoms with E-state index in [0.29, 0.717) is 6.54 Å². The molecule has 0 aliphatic heterocycles. The summed E-state index contributed by atoms with van der Waals surface area (Å²) in [4.78, 5) is 31.2. The monoisotopic (exact) mass is 474 g/mol. The number of hydrogen-bond acceptors (Lipinski definition) is 5. The summed E-state index contributed by atoms with van der Waals surface area (Å²) in [7, 11) is 0. The summed E-state index contributed by atoms with van der Waals surface area (Å²) >= 11 is 0. The zero-order chi connectivity index (χ0) is 25.2. The highest BCUT2D eigenvalue weighted by molar-refractivity contribution is 5.74. The summed E-state index contributed by atoms with van der Waals surface area (Å²) in [5, 5.41) is 20.5. The lowest BCUT2D eigenvalue weighted by Crippen LogP contribution is -2.41. The van der Waals surface area contributed by atoms with Gasteiger partial charge in [-0.25, -0.2) is 0 Å². The summed E-state index contributed by atoms with van der Waals surface area (Å²) in [5.41, 5.74) is 7.11. The van der Waals surface area contributed by atoms with Gasteiger partial charge in [0, 0.05) is 12.1 Å². The molecule has 0 spiro atoms. The molecule has 0 heterocycles. The van der Waals surface area contributed by atoms with Crippen molar-refractivity contribution < 1.29 is 24.6 Å². The highest BCUT2D eigenvalue weighted by atomic mass is 16.4. The molecule has 7 nitrogen and oxygen atoms in total. The summed E-state index contributed by atoms with van der Waals surface area (Å²) in [5.74, 6) is -1.47. The Morgan fingerprint density at radius 3 is 1.68 bits per heavy atom. The molecule has 2 rings (SSSR count). The Bertz CT molecular complexity index is 799. The third-order valence-electron chi connectivity index (χ3n) is 5.33. The first-order valence-electron chi connectivity index (χ1n) is 11.2. The molecule has 2 aromatic rings. The molecule has 0 fully saturated rings. The predicted octanol–water partition coefficient (Wildman–Crippen LogP) is 4.86. The molecule has 0 aliphatic rings. The maximum atomic E-state index is 11.1. The van der Waals surface area contributed by atoms with Gasteiger partial charge in [-0.3, -0.25) is 14.4 Å². The van der Waals surface area contributed by atoms with Gasteiger partial charge in [-0.1, -0.05) is 109 Å². The third kappa shape index (κ3) is 14.2. The highest BCUT2D eigenvalue weighted by Gasteiger charge is 2.22. The summed E-state index contributed by atoms with van der Waals surface area (Å²) in [6.45, 7) is 8.32. The normalized spacial score (nSPS) is 13.2. The molecule has 0 aliphatic carbocycles. The maximum Gasteiger partial charge on any atom is 0.320 e. The molecule has 34 heavy (non-hydrogen) atoms. The molecule has 190 valence electrons. The standard InChI is InChI=1S/C13H19NO2.C7H6O.C6H13NO2.CH4/c1-3-10(2)12(13(15)16)14-9-11-7-5-4-6-8-11;8-6-7-4-2-1-3-5-7;1-3-4(2)5(7)6(8)9;/h4-8,10,12,14H,3,9H2,1-2H3,(H,15,16);1-6H;4-5H,3,7H2,1-2H3,(H,8,9);1H4/t10-,12-;;4-,5-;/m0.0./s1. The lowest BCUT2D eigenvalue weighted by molar-refractivity contribution is -0.141. The van der Waals surface area contributed by atoms with Crippen LogP contribution in [0.1, 0.15) is 63.9 Å². The number of aldehydes is 1. The Morgan fingerprint density at radius 2 is 1.35 bits per heavy atom. The first-order chi connectivity index (χ1) is 15.7. The van der Waals surface area contributed by atoms with Gasteiger partial charge in [-0.05, 0) is 17.4 Å². The summed E-state index contributed by atoms with van der Waals surface area (Å²) in [6, 6.07) is 17.8. The topological polar surface area (TPSA) is 130 Å². The van der Waals surface area contributed by atoms with Gasteiger partial charge in [0.05, 0.1) is 0 Å². The van der Waals surface area contributed by atoms with Gasteiger partial charge in [0.15, 0.2) is 0 Å². The number of rotatable bonds is 10. The Kier molecular flexibility index (Phi) is 19.0. The van der Waals surface area contributed by atoms with E-state index in [-0.39, 0.29) is 19.3 Å². The Morgan fingerprint density at radius 1 is 0.882 bits per heavy atom. The fourth-order valence-electron chi connectivity index (χ4n) is 2.62. The van der Waals surface area contributed by atoms with Crippen molar-refractivity contribution in [1.82, 2.24) is 5.32 Å². The largest absolute Gasteiger partial charge is 0.480 e. The fraction of sp³-hybridized carbons (Fsp3) is 0.444. The van der Waals surface area contributed by atoms with Gasteiger partial charge in [-0.2, -0.15) is 0 Å². The molecule has 0 aromatic heterocycles. The van der Waals surface area contributed by atoms with E-state index in [9.17, 15) is 14.4 Å². The van der Waals surface area contributed by atoms with Gasteiger partial charge in [0.25, 0.3) is 0 Å². The van der Waals surface area contributed by atoms with Crippen LogP contribution in [0.15, 0.2) is 60.7 Å². The van der Waals surface area contributed by atoms with E-state index < -0.39 is 24.0 Å². The molecule has 0 saturated heterocycles. The van der Waals surface area contributed by atoms with Gasteiger partial charge in [0.2, 0.25) is 0 Å². The molecule has 5 N–H and O–H groups in total. The van der Waals surface area contributed by atoms with Gasteiger partial charge >= 0.3 is 11.9 Å². The molecular weight excluding hydrogens is 432 g/mol. The van der Waals surface area contributed by atoms with E-state index in [4.69, 9.17) is 15.9 Å². The number of carboxylic acids is 2. The molecule has 0 bridgehead atoms. The number of carbonyl (C=O) groups is 3. The van der Waals surface area contributed by atoms with Gasteiger partial charge in [-0.15, -0.1) is 0 Å².